The summed E-state index contributed by atoms with van der Waals surface area (Å²) in [5.74, 6) is -2.04. The minimum Gasteiger partial charge on any atom is -0.480 e. The molecule has 0 fully saturated rings. The van der Waals surface area contributed by atoms with Gasteiger partial charge in [-0.05, 0) is 26.3 Å². The molecule has 0 saturated carbocycles. The van der Waals surface area contributed by atoms with Crippen LogP contribution in [0.2, 0.25) is 0 Å². The van der Waals surface area contributed by atoms with E-state index in [0.717, 1.165) is 5.56 Å². The molecule has 1 rings (SSSR count). The number of nitrogens with zero attached hydrogens (tertiary/aromatic N) is 1. The molecule has 0 aromatic heterocycles. The Kier molecular flexibility index (Phi) is 8.05. The molecule has 5 N–H and O–H groups in total. The van der Waals surface area contributed by atoms with Gasteiger partial charge in [-0.2, -0.15) is 0 Å². The first-order valence-electron chi connectivity index (χ1n) is 8.08. The number of primary amides is 1. The van der Waals surface area contributed by atoms with Crippen LogP contribution in [0.15, 0.2) is 35.4 Å². The Morgan fingerprint density at radius 3 is 2.37 bits per heavy atom. The molecule has 2 amide bonds. The zero-order valence-corrected chi connectivity index (χ0v) is 15.4. The highest BCUT2D eigenvalue weighted by Gasteiger charge is 2.26. The SMILES string of the molecule is CC(C)(C)OC(=O)C[C@H](NC(=NNC(N)=O)OCc1ccccc1)C(=O)O. The van der Waals surface area contributed by atoms with Crippen LogP contribution in [0.5, 0.6) is 0 Å². The molecule has 0 radical (unpaired) electrons. The number of urea groups is 1. The van der Waals surface area contributed by atoms with Gasteiger partial charge in [-0.15, -0.1) is 5.10 Å². The zero-order chi connectivity index (χ0) is 20.4. The summed E-state index contributed by atoms with van der Waals surface area (Å²) < 4.78 is 10.5. The summed E-state index contributed by atoms with van der Waals surface area (Å²) in [5, 5.41) is 15.4. The summed E-state index contributed by atoms with van der Waals surface area (Å²) in [4.78, 5) is 34.2. The number of hydrogen-bond donors (Lipinski definition) is 4. The van der Waals surface area contributed by atoms with E-state index in [1.807, 2.05) is 11.5 Å². The third-order valence-corrected chi connectivity index (χ3v) is 2.87. The standard InChI is InChI=1S/C17H24N4O6/c1-17(2,3)27-13(22)9-12(14(23)24)19-16(21-20-15(18)25)26-10-11-7-5-4-6-8-11/h4-8,12H,9-10H2,1-3H3,(H,19,21)(H,23,24)(H3,18,20,25)/t12-/m0/s1. The third kappa shape index (κ3) is 9.68. The summed E-state index contributed by atoms with van der Waals surface area (Å²) >= 11 is 0. The van der Waals surface area contributed by atoms with Crippen LogP contribution in [0.25, 0.3) is 0 Å². The Hall–Kier alpha value is -3.30. The predicted octanol–water partition coefficient (Wildman–Crippen LogP) is 0.917. The number of carboxylic acids is 1. The second kappa shape index (κ2) is 10.00. The molecule has 148 valence electrons. The lowest BCUT2D eigenvalue weighted by Crippen LogP contribution is -2.45. The number of nitrogens with two attached hydrogens (primary N) is 1. The minimum atomic E-state index is -1.39. The largest absolute Gasteiger partial charge is 0.480 e. The van der Waals surface area contributed by atoms with Crippen LogP contribution in [0.3, 0.4) is 0 Å². The Bertz CT molecular complexity index is 684. The smallest absolute Gasteiger partial charge is 0.332 e. The molecule has 10 nitrogen and oxygen atoms in total. The van der Waals surface area contributed by atoms with Gasteiger partial charge in [-0.3, -0.25) is 4.79 Å². The molecule has 0 heterocycles. The van der Waals surface area contributed by atoms with Crippen LogP contribution in [-0.4, -0.2) is 40.7 Å². The average molecular weight is 380 g/mol. The van der Waals surface area contributed by atoms with Gasteiger partial charge in [0.05, 0.1) is 6.42 Å². The summed E-state index contributed by atoms with van der Waals surface area (Å²) in [6.07, 6.45) is -0.475. The van der Waals surface area contributed by atoms with Crippen molar-refractivity contribution in [3.05, 3.63) is 35.9 Å². The number of amidine groups is 1. The molecule has 1 atom stereocenters. The van der Waals surface area contributed by atoms with Crippen molar-refractivity contribution in [3.63, 3.8) is 0 Å². The Balaban J connectivity index is 2.82. The van der Waals surface area contributed by atoms with Crippen molar-refractivity contribution >= 4 is 24.0 Å². The van der Waals surface area contributed by atoms with Crippen LogP contribution in [-0.2, 0) is 25.7 Å². The van der Waals surface area contributed by atoms with Crippen LogP contribution in [0.1, 0.15) is 32.8 Å². The number of hydrazone groups is 1. The number of benzene rings is 1. The first-order chi connectivity index (χ1) is 12.6. The predicted molar refractivity (Wildman–Crippen MR) is 96.4 cm³/mol. The first kappa shape index (κ1) is 21.7. The molecule has 1 aromatic carbocycles. The number of ether oxygens (including phenoxy) is 2. The molecular weight excluding hydrogens is 356 g/mol. The maximum atomic E-state index is 11.9. The molecule has 0 unspecified atom stereocenters. The van der Waals surface area contributed by atoms with Gasteiger partial charge in [-0.1, -0.05) is 30.3 Å². The second-order valence-electron chi connectivity index (χ2n) is 6.49. The van der Waals surface area contributed by atoms with E-state index < -0.39 is 36.0 Å². The molecule has 0 spiro atoms. The Morgan fingerprint density at radius 1 is 1.22 bits per heavy atom. The molecule has 0 saturated heterocycles. The summed E-state index contributed by atoms with van der Waals surface area (Å²) in [7, 11) is 0. The monoisotopic (exact) mass is 380 g/mol. The lowest BCUT2D eigenvalue weighted by Gasteiger charge is -2.22. The van der Waals surface area contributed by atoms with E-state index in [4.69, 9.17) is 15.2 Å². The highest BCUT2D eigenvalue weighted by molar-refractivity contribution is 5.87. The molecule has 1 aromatic rings. The van der Waals surface area contributed by atoms with Crippen LogP contribution in [0, 0.1) is 0 Å². The first-order valence-corrected chi connectivity index (χ1v) is 8.08. The third-order valence-electron chi connectivity index (χ3n) is 2.87. The molecule has 0 aliphatic rings. The van der Waals surface area contributed by atoms with Crippen molar-refractivity contribution in [3.8, 4) is 0 Å². The fraction of sp³-hybridized carbons (Fsp3) is 0.412. The van der Waals surface area contributed by atoms with Gasteiger partial charge >= 0.3 is 24.0 Å². The van der Waals surface area contributed by atoms with E-state index in [1.54, 1.807) is 45.0 Å². The van der Waals surface area contributed by atoms with Crippen molar-refractivity contribution in [2.75, 3.05) is 0 Å². The minimum absolute atomic E-state index is 0.0475. The van der Waals surface area contributed by atoms with Crippen LogP contribution in [0.4, 0.5) is 4.79 Å². The van der Waals surface area contributed by atoms with Gasteiger partial charge in [0, 0.05) is 0 Å². The molecule has 10 heteroatoms. The van der Waals surface area contributed by atoms with Gasteiger partial charge in [0.1, 0.15) is 18.2 Å². The maximum Gasteiger partial charge on any atom is 0.332 e. The zero-order valence-electron chi connectivity index (χ0n) is 15.4. The van der Waals surface area contributed by atoms with Crippen molar-refractivity contribution in [1.29, 1.82) is 0 Å². The van der Waals surface area contributed by atoms with E-state index in [9.17, 15) is 19.5 Å². The number of carboxylic acid groups (broad SMARTS) is 1. The molecule has 27 heavy (non-hydrogen) atoms. The summed E-state index contributed by atoms with van der Waals surface area (Å²) in [5.41, 5.74) is 6.93. The highest BCUT2D eigenvalue weighted by Crippen LogP contribution is 2.10. The van der Waals surface area contributed by atoms with Crippen LogP contribution < -0.4 is 16.5 Å². The number of aliphatic carboxylic acids is 1. The summed E-state index contributed by atoms with van der Waals surface area (Å²) in [6.45, 7) is 5.05. The quantitative estimate of drug-likeness (QED) is 0.237. The molecule has 0 bridgehead atoms. The van der Waals surface area contributed by atoms with Gasteiger partial charge in [0.25, 0.3) is 0 Å². The number of esters is 1. The molecular formula is C17H24N4O6. The maximum absolute atomic E-state index is 11.9. The van der Waals surface area contributed by atoms with Crippen LogP contribution >= 0.6 is 0 Å². The highest BCUT2D eigenvalue weighted by atomic mass is 16.6. The number of hydrogen-bond acceptors (Lipinski definition) is 6. The van der Waals surface area contributed by atoms with E-state index in [-0.39, 0.29) is 12.6 Å². The number of carbonyl (C=O) groups is 3. The Morgan fingerprint density at radius 2 is 1.85 bits per heavy atom. The second-order valence-corrected chi connectivity index (χ2v) is 6.49. The van der Waals surface area contributed by atoms with Crippen molar-refractivity contribution in [2.24, 2.45) is 10.8 Å². The number of rotatable bonds is 7. The normalized spacial score (nSPS) is 12.6. The van der Waals surface area contributed by atoms with E-state index in [0.29, 0.717) is 0 Å². The van der Waals surface area contributed by atoms with Gasteiger partial charge in [0.15, 0.2) is 0 Å². The van der Waals surface area contributed by atoms with E-state index >= 15 is 0 Å². The van der Waals surface area contributed by atoms with Gasteiger partial charge in [0.2, 0.25) is 0 Å². The summed E-state index contributed by atoms with van der Waals surface area (Å²) in [6, 6.07) is 6.34. The van der Waals surface area contributed by atoms with E-state index in [1.165, 1.54) is 0 Å². The Labute approximate surface area is 156 Å². The lowest BCUT2D eigenvalue weighted by atomic mass is 10.1. The lowest BCUT2D eigenvalue weighted by molar-refractivity contribution is -0.158. The fourth-order valence-electron chi connectivity index (χ4n) is 1.84. The van der Waals surface area contributed by atoms with Gasteiger partial charge < -0.3 is 25.6 Å². The topological polar surface area (TPSA) is 152 Å². The van der Waals surface area contributed by atoms with Crippen molar-refractivity contribution in [1.82, 2.24) is 10.7 Å². The number of nitrogens with one attached hydrogen (secondary N) is 2. The number of carbonyl (C=O) groups excluding carboxylic acids is 2. The molecule has 0 aliphatic heterocycles. The molecule has 0 aliphatic carbocycles. The average Bonchev–Trinajstić information content (AvgIpc) is 2.55. The fourth-order valence-corrected chi connectivity index (χ4v) is 1.84. The van der Waals surface area contributed by atoms with Crippen molar-refractivity contribution < 1.29 is 29.0 Å². The van der Waals surface area contributed by atoms with Gasteiger partial charge in [-0.25, -0.2) is 15.0 Å². The van der Waals surface area contributed by atoms with E-state index in [2.05, 4.69) is 10.4 Å². The van der Waals surface area contributed by atoms with Crippen molar-refractivity contribution in [2.45, 2.75) is 45.4 Å². The number of amides is 2.